The molecule has 4 rings (SSSR count). The number of aliphatic hydroxyl groups is 3. The predicted octanol–water partition coefficient (Wildman–Crippen LogP) is 1.18. The third-order valence-electron chi connectivity index (χ3n) is 7.99. The van der Waals surface area contributed by atoms with Crippen LogP contribution in [0.5, 0.6) is 0 Å². The maximum Gasteiger partial charge on any atom is 0.336 e. The molecule has 2 saturated carbocycles. The van der Waals surface area contributed by atoms with Crippen LogP contribution in [0.15, 0.2) is 11.6 Å². The number of allylic oxidation sites excluding steroid dienone is 1. The Balaban J connectivity index is 1.66. The van der Waals surface area contributed by atoms with Gasteiger partial charge in [-0.05, 0) is 49.4 Å². The first-order valence-electron chi connectivity index (χ1n) is 9.75. The lowest BCUT2D eigenvalue weighted by molar-refractivity contribution is -0.175. The van der Waals surface area contributed by atoms with E-state index in [9.17, 15) is 20.1 Å². The van der Waals surface area contributed by atoms with Crippen LogP contribution in [0, 0.1) is 22.7 Å². The van der Waals surface area contributed by atoms with Crippen LogP contribution < -0.4 is 0 Å². The van der Waals surface area contributed by atoms with Crippen molar-refractivity contribution < 1.29 is 29.6 Å². The van der Waals surface area contributed by atoms with Gasteiger partial charge < -0.3 is 24.8 Å². The highest BCUT2D eigenvalue weighted by Crippen LogP contribution is 2.66. The van der Waals surface area contributed by atoms with Gasteiger partial charge in [-0.2, -0.15) is 0 Å². The van der Waals surface area contributed by atoms with E-state index in [-0.39, 0.29) is 36.1 Å². The van der Waals surface area contributed by atoms with E-state index in [1.165, 1.54) is 0 Å². The van der Waals surface area contributed by atoms with Gasteiger partial charge >= 0.3 is 5.97 Å². The highest BCUT2D eigenvalue weighted by molar-refractivity contribution is 5.91. The first-order chi connectivity index (χ1) is 12.3. The molecule has 4 aliphatic rings. The Labute approximate surface area is 154 Å². The Hall–Kier alpha value is -0.950. The Morgan fingerprint density at radius 3 is 2.54 bits per heavy atom. The first kappa shape index (κ1) is 18.4. The molecule has 2 heterocycles. The van der Waals surface area contributed by atoms with E-state index in [1.807, 2.05) is 13.0 Å². The molecule has 1 spiro atoms. The lowest BCUT2D eigenvalue weighted by atomic mass is 9.45. The van der Waals surface area contributed by atoms with Crippen molar-refractivity contribution in [2.75, 3.05) is 19.8 Å². The summed E-state index contributed by atoms with van der Waals surface area (Å²) in [7, 11) is 0. The van der Waals surface area contributed by atoms with Crippen molar-refractivity contribution in [2.24, 2.45) is 22.7 Å². The zero-order valence-electron chi connectivity index (χ0n) is 15.6. The fourth-order valence-electron chi connectivity index (χ4n) is 6.24. The summed E-state index contributed by atoms with van der Waals surface area (Å²) in [6.07, 6.45) is 4.53. The Morgan fingerprint density at radius 2 is 1.96 bits per heavy atom. The van der Waals surface area contributed by atoms with Gasteiger partial charge in [-0.1, -0.05) is 19.9 Å². The fourth-order valence-corrected chi connectivity index (χ4v) is 6.24. The Kier molecular flexibility index (Phi) is 4.27. The molecular weight excluding hydrogens is 336 g/mol. The standard InChI is InChI=1S/C20H30O6/c1-18-7-6-16(23)19(2,10-21)14(18)5-8-20(11-26-20)15(18)4-3-12-13(22)9-25-17(12)24/h3,13-16,21-23H,4-11H2,1-2H3/b12-3+/t13-,14+,15-,16+,18+,19-,20+/m0/s1. The summed E-state index contributed by atoms with van der Waals surface area (Å²) in [5.74, 6) is -0.0392. The van der Waals surface area contributed by atoms with Crippen LogP contribution in [0.1, 0.15) is 46.0 Å². The molecule has 6 nitrogen and oxygen atoms in total. The molecule has 146 valence electrons. The molecule has 2 aliphatic carbocycles. The highest BCUT2D eigenvalue weighted by Gasteiger charge is 2.66. The number of cyclic esters (lactones) is 1. The Bertz CT molecular complexity index is 626. The van der Waals surface area contributed by atoms with Crippen LogP contribution in [0.2, 0.25) is 0 Å². The number of aliphatic hydroxyl groups excluding tert-OH is 3. The topological polar surface area (TPSA) is 99.5 Å². The minimum absolute atomic E-state index is 0.0267. The summed E-state index contributed by atoms with van der Waals surface area (Å²) in [4.78, 5) is 11.8. The zero-order chi connectivity index (χ0) is 18.7. The lowest BCUT2D eigenvalue weighted by Gasteiger charge is -2.60. The van der Waals surface area contributed by atoms with Gasteiger partial charge in [-0.3, -0.25) is 0 Å². The van der Waals surface area contributed by atoms with Crippen LogP contribution in [0.4, 0.5) is 0 Å². The monoisotopic (exact) mass is 366 g/mol. The minimum Gasteiger partial charge on any atom is -0.459 e. The molecule has 0 aromatic rings. The average Bonchev–Trinajstić information content (AvgIpc) is 3.31. The molecule has 0 radical (unpaired) electrons. The fraction of sp³-hybridized carbons (Fsp3) is 0.850. The summed E-state index contributed by atoms with van der Waals surface area (Å²) < 4.78 is 10.9. The largest absolute Gasteiger partial charge is 0.459 e. The average molecular weight is 366 g/mol. The summed E-state index contributed by atoms with van der Waals surface area (Å²) in [5, 5.41) is 30.6. The summed E-state index contributed by atoms with van der Waals surface area (Å²) >= 11 is 0. The predicted molar refractivity (Wildman–Crippen MR) is 93.1 cm³/mol. The van der Waals surface area contributed by atoms with Crippen molar-refractivity contribution in [3.05, 3.63) is 11.6 Å². The van der Waals surface area contributed by atoms with Gasteiger partial charge in [-0.15, -0.1) is 0 Å². The number of ether oxygens (including phenoxy) is 2. The van der Waals surface area contributed by atoms with Gasteiger partial charge in [0, 0.05) is 5.41 Å². The number of epoxide rings is 1. The van der Waals surface area contributed by atoms with Crippen molar-refractivity contribution in [3.63, 3.8) is 0 Å². The number of carbonyl (C=O) groups excluding carboxylic acids is 1. The minimum atomic E-state index is -0.846. The van der Waals surface area contributed by atoms with Gasteiger partial charge in [-0.25, -0.2) is 4.79 Å². The molecule has 0 unspecified atom stereocenters. The number of hydrogen-bond donors (Lipinski definition) is 3. The van der Waals surface area contributed by atoms with E-state index in [0.29, 0.717) is 18.4 Å². The normalized spacial score (nSPS) is 52.2. The van der Waals surface area contributed by atoms with E-state index in [2.05, 4.69) is 6.92 Å². The number of esters is 1. The number of fused-ring (bicyclic) bond motifs is 1. The maximum atomic E-state index is 11.8. The van der Waals surface area contributed by atoms with Crippen molar-refractivity contribution in [3.8, 4) is 0 Å². The molecule has 2 saturated heterocycles. The second-order valence-electron chi connectivity index (χ2n) is 9.23. The van der Waals surface area contributed by atoms with E-state index in [1.54, 1.807) is 0 Å². The summed E-state index contributed by atoms with van der Waals surface area (Å²) in [5.41, 5.74) is -0.405. The molecule has 3 N–H and O–H groups in total. The second kappa shape index (κ2) is 6.03. The van der Waals surface area contributed by atoms with Crippen LogP contribution in [0.25, 0.3) is 0 Å². The lowest BCUT2D eigenvalue weighted by Crippen LogP contribution is -2.60. The smallest absolute Gasteiger partial charge is 0.336 e. The van der Waals surface area contributed by atoms with E-state index in [0.717, 1.165) is 25.9 Å². The Morgan fingerprint density at radius 1 is 1.23 bits per heavy atom. The summed E-state index contributed by atoms with van der Waals surface area (Å²) in [6, 6.07) is 0. The molecule has 0 aromatic carbocycles. The molecule has 0 aromatic heterocycles. The van der Waals surface area contributed by atoms with Gasteiger partial charge in [0.1, 0.15) is 12.7 Å². The van der Waals surface area contributed by atoms with Gasteiger partial charge in [0.15, 0.2) is 0 Å². The third-order valence-corrected chi connectivity index (χ3v) is 7.99. The van der Waals surface area contributed by atoms with Crippen molar-refractivity contribution in [2.45, 2.75) is 63.8 Å². The molecular formula is C20H30O6. The molecule has 2 aliphatic heterocycles. The molecule has 7 atom stereocenters. The number of hydrogen-bond acceptors (Lipinski definition) is 6. The summed E-state index contributed by atoms with van der Waals surface area (Å²) in [6.45, 7) is 4.99. The SMILES string of the molecule is C[C@]1(CO)[C@@H]2CC[C@@]3(CO3)[C@@H](C/C=C3/C(=O)OC[C@@H]3O)[C@]2(C)CC[C@H]1O. The van der Waals surface area contributed by atoms with E-state index < -0.39 is 23.6 Å². The zero-order valence-corrected chi connectivity index (χ0v) is 15.6. The van der Waals surface area contributed by atoms with Crippen molar-refractivity contribution in [1.82, 2.24) is 0 Å². The van der Waals surface area contributed by atoms with E-state index >= 15 is 0 Å². The van der Waals surface area contributed by atoms with Crippen LogP contribution in [0.3, 0.4) is 0 Å². The molecule has 0 amide bonds. The van der Waals surface area contributed by atoms with Gasteiger partial charge in [0.05, 0.1) is 30.5 Å². The van der Waals surface area contributed by atoms with Crippen LogP contribution in [-0.4, -0.2) is 58.9 Å². The quantitative estimate of drug-likeness (QED) is 0.394. The molecule has 0 bridgehead atoms. The van der Waals surface area contributed by atoms with Crippen LogP contribution >= 0.6 is 0 Å². The molecule has 4 fully saturated rings. The van der Waals surface area contributed by atoms with Crippen molar-refractivity contribution >= 4 is 5.97 Å². The van der Waals surface area contributed by atoms with Gasteiger partial charge in [0.2, 0.25) is 0 Å². The third kappa shape index (κ3) is 2.49. The van der Waals surface area contributed by atoms with Crippen LogP contribution in [-0.2, 0) is 14.3 Å². The molecule has 26 heavy (non-hydrogen) atoms. The second-order valence-corrected chi connectivity index (χ2v) is 9.23. The van der Waals surface area contributed by atoms with Gasteiger partial charge in [0.25, 0.3) is 0 Å². The first-order valence-corrected chi connectivity index (χ1v) is 9.75. The highest BCUT2D eigenvalue weighted by atomic mass is 16.6. The number of rotatable bonds is 3. The van der Waals surface area contributed by atoms with E-state index in [4.69, 9.17) is 9.47 Å². The van der Waals surface area contributed by atoms with Crippen molar-refractivity contribution in [1.29, 1.82) is 0 Å². The molecule has 6 heteroatoms. The number of carbonyl (C=O) groups is 1. The maximum absolute atomic E-state index is 11.8.